The number of alkyl halides is 3. The summed E-state index contributed by atoms with van der Waals surface area (Å²) in [6, 6.07) is 12.9. The van der Waals surface area contributed by atoms with E-state index in [-0.39, 0.29) is 29.4 Å². The second-order valence-electron chi connectivity index (χ2n) is 8.82. The van der Waals surface area contributed by atoms with Gasteiger partial charge in [0, 0.05) is 5.39 Å². The van der Waals surface area contributed by atoms with Crippen LogP contribution >= 0.6 is 0 Å². The summed E-state index contributed by atoms with van der Waals surface area (Å²) in [5.74, 6) is -3.27. The lowest BCUT2D eigenvalue weighted by Crippen LogP contribution is -2.08. The highest BCUT2D eigenvalue weighted by Crippen LogP contribution is 2.33. The van der Waals surface area contributed by atoms with Gasteiger partial charge in [0.1, 0.15) is 23.3 Å². The molecule has 0 aromatic heterocycles. The molecule has 4 aromatic rings. The molecule has 7 heteroatoms. The molecule has 0 saturated carbocycles. The van der Waals surface area contributed by atoms with E-state index in [4.69, 9.17) is 0 Å². The van der Waals surface area contributed by atoms with E-state index in [2.05, 4.69) is 0 Å². The van der Waals surface area contributed by atoms with Crippen LogP contribution in [0.25, 0.3) is 21.9 Å². The lowest BCUT2D eigenvalue weighted by atomic mass is 9.95. The van der Waals surface area contributed by atoms with Gasteiger partial charge in [-0.05, 0) is 83.7 Å². The minimum absolute atomic E-state index is 0.135. The van der Waals surface area contributed by atoms with Gasteiger partial charge in [-0.25, -0.2) is 17.6 Å². The van der Waals surface area contributed by atoms with Gasteiger partial charge in [0.25, 0.3) is 0 Å². The van der Waals surface area contributed by atoms with Crippen molar-refractivity contribution in [2.45, 2.75) is 45.2 Å². The molecule has 0 unspecified atom stereocenters. The number of unbranched alkanes of at least 4 members (excludes halogenated alkanes) is 1. The van der Waals surface area contributed by atoms with Crippen LogP contribution in [0.2, 0.25) is 0 Å². The topological polar surface area (TPSA) is 0 Å². The van der Waals surface area contributed by atoms with Gasteiger partial charge in [-0.15, -0.1) is 0 Å². The summed E-state index contributed by atoms with van der Waals surface area (Å²) < 4.78 is 96.7. The lowest BCUT2D eigenvalue weighted by Gasteiger charge is -2.12. The summed E-state index contributed by atoms with van der Waals surface area (Å²) in [7, 11) is 0. The van der Waals surface area contributed by atoms with E-state index in [1.165, 1.54) is 42.5 Å². The average Bonchev–Trinajstić information content (AvgIpc) is 2.81. The first-order valence-electron chi connectivity index (χ1n) is 11.6. The van der Waals surface area contributed by atoms with Gasteiger partial charge >= 0.3 is 6.18 Å². The van der Waals surface area contributed by atoms with Crippen molar-refractivity contribution in [2.24, 2.45) is 0 Å². The van der Waals surface area contributed by atoms with Crippen LogP contribution in [0.1, 0.15) is 42.0 Å². The number of halogens is 7. The van der Waals surface area contributed by atoms with E-state index in [0.717, 1.165) is 18.9 Å². The Hall–Kier alpha value is -3.35. The molecule has 0 bridgehead atoms. The Balaban J connectivity index is 1.58. The highest BCUT2D eigenvalue weighted by Gasteiger charge is 2.33. The zero-order valence-corrected chi connectivity index (χ0v) is 19.5. The van der Waals surface area contributed by atoms with Crippen molar-refractivity contribution in [3.05, 3.63) is 106 Å². The fourth-order valence-electron chi connectivity index (χ4n) is 4.34. The summed E-state index contributed by atoms with van der Waals surface area (Å²) in [6.45, 7) is 2.00. The zero-order chi connectivity index (χ0) is 26.0. The van der Waals surface area contributed by atoms with Crippen molar-refractivity contribution < 1.29 is 30.7 Å². The van der Waals surface area contributed by atoms with E-state index < -0.39 is 35.0 Å². The molecule has 0 nitrogen and oxygen atoms in total. The SMILES string of the molecule is CCCCc1cc(F)c(-c2ccc3c(F)c(CCc4ccc(C(F)(F)F)c(F)c4)ccc3c2)c(F)c1. The van der Waals surface area contributed by atoms with Gasteiger partial charge in [0.15, 0.2) is 0 Å². The monoisotopic (exact) mass is 504 g/mol. The second-order valence-corrected chi connectivity index (χ2v) is 8.82. The molecule has 0 aliphatic carbocycles. The standard InChI is InChI=1S/C29H23F7/c1-2-3-4-18-14-25(31)27(26(32)15-18)21-10-11-22-20(16-21)9-8-19(28(22)33)7-5-17-6-12-23(24(30)13-17)29(34,35)36/h6,8-16H,2-5,7H2,1H3. The van der Waals surface area contributed by atoms with Crippen LogP contribution in [0, 0.1) is 23.3 Å². The van der Waals surface area contributed by atoms with Crippen molar-refractivity contribution in [1.82, 2.24) is 0 Å². The van der Waals surface area contributed by atoms with Crippen LogP contribution in [0.4, 0.5) is 30.7 Å². The predicted molar refractivity (Wildman–Crippen MR) is 127 cm³/mol. The smallest absolute Gasteiger partial charge is 0.206 e. The number of aryl methyl sites for hydroxylation is 3. The average molecular weight is 504 g/mol. The summed E-state index contributed by atoms with van der Waals surface area (Å²) >= 11 is 0. The molecule has 36 heavy (non-hydrogen) atoms. The molecule has 0 spiro atoms. The largest absolute Gasteiger partial charge is 0.419 e. The predicted octanol–water partition coefficient (Wildman–Crippen LogP) is 9.21. The van der Waals surface area contributed by atoms with E-state index in [1.807, 2.05) is 6.92 Å². The first kappa shape index (κ1) is 25.7. The summed E-state index contributed by atoms with van der Waals surface area (Å²) in [6.07, 6.45) is -2.20. The highest BCUT2D eigenvalue weighted by molar-refractivity contribution is 5.88. The molecule has 4 aromatic carbocycles. The number of benzene rings is 4. The highest BCUT2D eigenvalue weighted by atomic mass is 19.4. The summed E-state index contributed by atoms with van der Waals surface area (Å²) in [4.78, 5) is 0. The third-order valence-electron chi connectivity index (χ3n) is 6.27. The number of rotatable bonds is 7. The Bertz CT molecular complexity index is 1380. The third kappa shape index (κ3) is 5.40. The van der Waals surface area contributed by atoms with Crippen LogP contribution in [0.3, 0.4) is 0 Å². The van der Waals surface area contributed by atoms with E-state index in [1.54, 1.807) is 6.07 Å². The van der Waals surface area contributed by atoms with E-state index >= 15 is 4.39 Å². The van der Waals surface area contributed by atoms with Gasteiger partial charge < -0.3 is 0 Å². The van der Waals surface area contributed by atoms with E-state index in [0.29, 0.717) is 34.6 Å². The molecule has 0 aliphatic rings. The van der Waals surface area contributed by atoms with Crippen molar-refractivity contribution >= 4 is 10.8 Å². The molecule has 0 fully saturated rings. The quantitative estimate of drug-likeness (QED) is 0.220. The molecular formula is C29H23F7. The summed E-state index contributed by atoms with van der Waals surface area (Å²) in [5, 5.41) is 0.693. The van der Waals surface area contributed by atoms with Gasteiger partial charge in [-0.2, -0.15) is 13.2 Å². The Morgan fingerprint density at radius 1 is 0.667 bits per heavy atom. The van der Waals surface area contributed by atoms with Crippen LogP contribution in [0.15, 0.2) is 60.7 Å². The number of hydrogen-bond donors (Lipinski definition) is 0. The van der Waals surface area contributed by atoms with Crippen molar-refractivity contribution in [1.29, 1.82) is 0 Å². The maximum Gasteiger partial charge on any atom is 0.419 e. The summed E-state index contributed by atoms with van der Waals surface area (Å²) in [5.41, 5.74) is -0.0443. The molecule has 0 aliphatic heterocycles. The Morgan fingerprint density at radius 2 is 1.36 bits per heavy atom. The molecule has 0 atom stereocenters. The van der Waals surface area contributed by atoms with E-state index in [9.17, 15) is 26.3 Å². The molecule has 0 N–H and O–H groups in total. The first-order valence-corrected chi connectivity index (χ1v) is 11.6. The Kier molecular flexibility index (Phi) is 7.38. The van der Waals surface area contributed by atoms with Gasteiger partial charge in [0.2, 0.25) is 0 Å². The molecule has 188 valence electrons. The molecule has 0 radical (unpaired) electrons. The van der Waals surface area contributed by atoms with Crippen molar-refractivity contribution in [2.75, 3.05) is 0 Å². The number of hydrogen-bond acceptors (Lipinski definition) is 0. The third-order valence-corrected chi connectivity index (χ3v) is 6.27. The zero-order valence-electron chi connectivity index (χ0n) is 19.5. The number of fused-ring (bicyclic) bond motifs is 1. The fraction of sp³-hybridized carbons (Fsp3) is 0.241. The normalized spacial score (nSPS) is 11.9. The molecule has 4 rings (SSSR count). The van der Waals surface area contributed by atoms with Gasteiger partial charge in [-0.3, -0.25) is 0 Å². The lowest BCUT2D eigenvalue weighted by molar-refractivity contribution is -0.140. The molecule has 0 amide bonds. The second kappa shape index (κ2) is 10.3. The minimum atomic E-state index is -4.78. The maximum atomic E-state index is 15.2. The Labute approximate surface area is 204 Å². The minimum Gasteiger partial charge on any atom is -0.206 e. The fourth-order valence-corrected chi connectivity index (χ4v) is 4.34. The maximum absolute atomic E-state index is 15.2. The van der Waals surface area contributed by atoms with Crippen LogP contribution in [-0.4, -0.2) is 0 Å². The first-order chi connectivity index (χ1) is 17.1. The van der Waals surface area contributed by atoms with Gasteiger partial charge in [-0.1, -0.05) is 43.7 Å². The van der Waals surface area contributed by atoms with Crippen LogP contribution < -0.4 is 0 Å². The van der Waals surface area contributed by atoms with Gasteiger partial charge in [0.05, 0.1) is 11.1 Å². The molecule has 0 heterocycles. The van der Waals surface area contributed by atoms with Crippen LogP contribution in [0.5, 0.6) is 0 Å². The Morgan fingerprint density at radius 3 is 2.00 bits per heavy atom. The van der Waals surface area contributed by atoms with Crippen molar-refractivity contribution in [3.63, 3.8) is 0 Å². The van der Waals surface area contributed by atoms with Crippen molar-refractivity contribution in [3.8, 4) is 11.1 Å². The molecule has 0 saturated heterocycles. The van der Waals surface area contributed by atoms with Crippen LogP contribution in [-0.2, 0) is 25.4 Å². The molecular weight excluding hydrogens is 481 g/mol.